The third kappa shape index (κ3) is 6.06. The van der Waals surface area contributed by atoms with E-state index in [4.69, 9.17) is 4.74 Å². The molecule has 0 aromatic carbocycles. The Balaban J connectivity index is 2.03. The largest absolute Gasteiger partial charge is 0.433 e. The number of rotatable bonds is 3. The van der Waals surface area contributed by atoms with Crippen molar-refractivity contribution in [3.63, 3.8) is 0 Å². The van der Waals surface area contributed by atoms with Crippen molar-refractivity contribution in [2.24, 2.45) is 0 Å². The molecule has 23 heavy (non-hydrogen) atoms. The lowest BCUT2D eigenvalue weighted by Gasteiger charge is -2.30. The minimum Gasteiger partial charge on any atom is -0.371 e. The predicted molar refractivity (Wildman–Crippen MR) is 80.8 cm³/mol. The van der Waals surface area contributed by atoms with E-state index in [1.165, 1.54) is 6.20 Å². The number of alkyl halides is 3. The van der Waals surface area contributed by atoms with Gasteiger partial charge in [0.15, 0.2) is 0 Å². The van der Waals surface area contributed by atoms with E-state index in [9.17, 15) is 13.2 Å². The summed E-state index contributed by atoms with van der Waals surface area (Å²) in [5, 5.41) is 0. The fraction of sp³-hybridized carbons (Fsp3) is 0.750. The monoisotopic (exact) mass is 331 g/mol. The minimum absolute atomic E-state index is 0.0864. The van der Waals surface area contributed by atoms with E-state index in [1.54, 1.807) is 0 Å². The second-order valence-electron chi connectivity index (χ2n) is 6.94. The zero-order valence-electron chi connectivity index (χ0n) is 13.9. The molecule has 1 atom stereocenters. The Morgan fingerprint density at radius 1 is 1.26 bits per heavy atom. The highest BCUT2D eigenvalue weighted by Crippen LogP contribution is 2.27. The molecule has 0 saturated carbocycles. The Morgan fingerprint density at radius 2 is 2.00 bits per heavy atom. The Morgan fingerprint density at radius 3 is 2.65 bits per heavy atom. The van der Waals surface area contributed by atoms with Crippen molar-refractivity contribution in [1.29, 1.82) is 0 Å². The second kappa shape index (κ2) is 7.13. The summed E-state index contributed by atoms with van der Waals surface area (Å²) in [6.07, 6.45) is -0.148. The van der Waals surface area contributed by atoms with Crippen molar-refractivity contribution in [3.8, 4) is 0 Å². The topological polar surface area (TPSA) is 38.2 Å². The van der Waals surface area contributed by atoms with Gasteiger partial charge in [-0.15, -0.1) is 0 Å². The molecule has 0 amide bonds. The van der Waals surface area contributed by atoms with Gasteiger partial charge in [0.1, 0.15) is 11.5 Å². The Labute approximate surface area is 135 Å². The van der Waals surface area contributed by atoms with Gasteiger partial charge in [-0.3, -0.25) is 4.90 Å². The standard InChI is InChI=1S/C16H24F3N3O/c1-15(2,3)23-12-6-4-5-9-22(10-12)11-14-20-8-7-13(21-14)16(17,18)19/h7-8,12H,4-6,9-11H2,1-3H3. The van der Waals surface area contributed by atoms with Gasteiger partial charge < -0.3 is 4.74 Å². The lowest BCUT2D eigenvalue weighted by Crippen LogP contribution is -2.36. The summed E-state index contributed by atoms with van der Waals surface area (Å²) in [5.41, 5.74) is -1.12. The Kier molecular flexibility index (Phi) is 5.62. The molecule has 1 aromatic rings. The summed E-state index contributed by atoms with van der Waals surface area (Å²) in [7, 11) is 0. The first-order valence-corrected chi connectivity index (χ1v) is 7.93. The van der Waals surface area contributed by atoms with Crippen LogP contribution in [0.4, 0.5) is 13.2 Å². The molecule has 0 spiro atoms. The van der Waals surface area contributed by atoms with Gasteiger partial charge in [-0.1, -0.05) is 0 Å². The normalized spacial score (nSPS) is 21.2. The van der Waals surface area contributed by atoms with Crippen LogP contribution in [0.2, 0.25) is 0 Å². The Bertz CT molecular complexity index is 514. The smallest absolute Gasteiger partial charge is 0.371 e. The van der Waals surface area contributed by atoms with Crippen LogP contribution in [0, 0.1) is 0 Å². The molecule has 2 rings (SSSR count). The fourth-order valence-corrected chi connectivity index (χ4v) is 2.75. The molecule has 2 heterocycles. The van der Waals surface area contributed by atoms with Gasteiger partial charge in [-0.05, 0) is 52.6 Å². The molecule has 1 aliphatic rings. The number of likely N-dealkylation sites (tertiary alicyclic amines) is 1. The van der Waals surface area contributed by atoms with Crippen molar-refractivity contribution < 1.29 is 17.9 Å². The first-order valence-electron chi connectivity index (χ1n) is 7.93. The van der Waals surface area contributed by atoms with Crippen LogP contribution in [0.1, 0.15) is 51.6 Å². The number of nitrogens with zero attached hydrogens (tertiary/aromatic N) is 3. The SMILES string of the molecule is CC(C)(C)OC1CCCCN(Cc2nccc(C(F)(F)F)n2)C1. The molecule has 1 saturated heterocycles. The first-order chi connectivity index (χ1) is 10.6. The van der Waals surface area contributed by atoms with Gasteiger partial charge >= 0.3 is 6.18 Å². The van der Waals surface area contributed by atoms with Crippen molar-refractivity contribution in [2.75, 3.05) is 13.1 Å². The van der Waals surface area contributed by atoms with Gasteiger partial charge in [0.05, 0.1) is 18.2 Å². The molecule has 0 radical (unpaired) electrons. The first kappa shape index (κ1) is 18.1. The molecule has 1 fully saturated rings. The van der Waals surface area contributed by atoms with Crippen molar-refractivity contribution >= 4 is 0 Å². The highest BCUT2D eigenvalue weighted by atomic mass is 19.4. The van der Waals surface area contributed by atoms with Crippen LogP contribution >= 0.6 is 0 Å². The van der Waals surface area contributed by atoms with Crippen LogP contribution in [-0.2, 0) is 17.5 Å². The van der Waals surface area contributed by atoms with E-state index < -0.39 is 11.9 Å². The minimum atomic E-state index is -4.44. The summed E-state index contributed by atoms with van der Waals surface area (Å²) >= 11 is 0. The molecule has 130 valence electrons. The molecule has 0 aliphatic carbocycles. The highest BCUT2D eigenvalue weighted by molar-refractivity contribution is 5.06. The summed E-state index contributed by atoms with van der Waals surface area (Å²) in [6, 6.07) is 0.900. The lowest BCUT2D eigenvalue weighted by atomic mass is 10.1. The molecule has 1 unspecified atom stereocenters. The average molecular weight is 331 g/mol. The zero-order valence-corrected chi connectivity index (χ0v) is 13.9. The van der Waals surface area contributed by atoms with Crippen molar-refractivity contribution in [1.82, 2.24) is 14.9 Å². The van der Waals surface area contributed by atoms with E-state index in [0.717, 1.165) is 31.9 Å². The molecule has 1 aromatic heterocycles. The van der Waals surface area contributed by atoms with E-state index >= 15 is 0 Å². The van der Waals surface area contributed by atoms with Crippen LogP contribution in [-0.4, -0.2) is 39.7 Å². The van der Waals surface area contributed by atoms with E-state index in [2.05, 4.69) is 14.9 Å². The van der Waals surface area contributed by atoms with Gasteiger partial charge in [0.2, 0.25) is 0 Å². The van der Waals surface area contributed by atoms with Gasteiger partial charge in [0, 0.05) is 12.7 Å². The van der Waals surface area contributed by atoms with E-state index in [-0.39, 0.29) is 17.5 Å². The predicted octanol–water partition coefficient (Wildman–Crippen LogP) is 3.67. The van der Waals surface area contributed by atoms with Gasteiger partial charge in [-0.25, -0.2) is 9.97 Å². The number of hydrogen-bond acceptors (Lipinski definition) is 4. The van der Waals surface area contributed by atoms with Crippen LogP contribution in [0.3, 0.4) is 0 Å². The van der Waals surface area contributed by atoms with Gasteiger partial charge in [-0.2, -0.15) is 13.2 Å². The van der Waals surface area contributed by atoms with E-state index in [0.29, 0.717) is 13.1 Å². The molecule has 0 N–H and O–H groups in total. The molecular weight excluding hydrogens is 307 g/mol. The van der Waals surface area contributed by atoms with Gasteiger partial charge in [0.25, 0.3) is 0 Å². The molecule has 0 bridgehead atoms. The molecule has 1 aliphatic heterocycles. The maximum Gasteiger partial charge on any atom is 0.433 e. The van der Waals surface area contributed by atoms with Crippen LogP contribution in [0.5, 0.6) is 0 Å². The summed E-state index contributed by atoms with van der Waals surface area (Å²) < 4.78 is 44.2. The third-order valence-electron chi connectivity index (χ3n) is 3.59. The number of halogens is 3. The van der Waals surface area contributed by atoms with Crippen LogP contribution < -0.4 is 0 Å². The fourth-order valence-electron chi connectivity index (χ4n) is 2.75. The zero-order chi connectivity index (χ0) is 17.1. The van der Waals surface area contributed by atoms with Crippen LogP contribution in [0.15, 0.2) is 12.3 Å². The third-order valence-corrected chi connectivity index (χ3v) is 3.59. The maximum atomic E-state index is 12.7. The van der Waals surface area contributed by atoms with E-state index in [1.807, 2.05) is 20.8 Å². The van der Waals surface area contributed by atoms with Crippen molar-refractivity contribution in [3.05, 3.63) is 23.8 Å². The number of hydrogen-bond donors (Lipinski definition) is 0. The quantitative estimate of drug-likeness (QED) is 0.847. The number of aromatic nitrogens is 2. The Hall–Kier alpha value is -1.21. The van der Waals surface area contributed by atoms with Crippen molar-refractivity contribution in [2.45, 2.75) is 64.5 Å². The molecular formula is C16H24F3N3O. The summed E-state index contributed by atoms with van der Waals surface area (Å²) in [5.74, 6) is 0.205. The second-order valence-corrected chi connectivity index (χ2v) is 6.94. The summed E-state index contributed by atoms with van der Waals surface area (Å²) in [6.45, 7) is 7.86. The maximum absolute atomic E-state index is 12.7. The highest BCUT2D eigenvalue weighted by Gasteiger charge is 2.33. The average Bonchev–Trinajstić information content (AvgIpc) is 2.61. The van der Waals surface area contributed by atoms with Crippen LogP contribution in [0.25, 0.3) is 0 Å². The molecule has 7 heteroatoms. The summed E-state index contributed by atoms with van der Waals surface area (Å²) in [4.78, 5) is 9.72. The lowest BCUT2D eigenvalue weighted by molar-refractivity contribution is -0.141. The number of ether oxygens (including phenoxy) is 1. The molecule has 4 nitrogen and oxygen atoms in total.